The average molecular weight is 757 g/mol. The molecule has 0 fully saturated rings. The number of aromatic amines is 1. The monoisotopic (exact) mass is 756 g/mol. The molecule has 4 N–H and O–H groups in total. The Labute approximate surface area is 319 Å². The van der Waals surface area contributed by atoms with Crippen LogP contribution in [-0.4, -0.2) is 77.6 Å². The van der Waals surface area contributed by atoms with Crippen molar-refractivity contribution in [2.45, 2.75) is 76.5 Å². The number of methoxy groups -OCH3 is 4. The highest BCUT2D eigenvalue weighted by Crippen LogP contribution is 2.48. The first-order valence-corrected chi connectivity index (χ1v) is 18.1. The fourth-order valence-electron chi connectivity index (χ4n) is 6.70. The maximum Gasteiger partial charge on any atom is 0.342 e. The predicted octanol–water partition coefficient (Wildman–Crippen LogP) is 6.30. The van der Waals surface area contributed by atoms with Crippen LogP contribution in [-0.2, 0) is 25.7 Å². The van der Waals surface area contributed by atoms with Gasteiger partial charge in [-0.15, -0.1) is 0 Å². The third-order valence-electron chi connectivity index (χ3n) is 9.41. The number of hydrogen-bond donors (Lipinski definition) is 4. The number of ketones is 1. The molecule has 5 rings (SSSR count). The summed E-state index contributed by atoms with van der Waals surface area (Å²) in [7, 11) is 5.88. The van der Waals surface area contributed by atoms with Crippen LogP contribution < -0.4 is 19.5 Å². The molecule has 1 aliphatic heterocycles. The number of benzene rings is 3. The molecule has 0 bridgehead atoms. The van der Waals surface area contributed by atoms with E-state index >= 15 is 0 Å². The van der Waals surface area contributed by atoms with E-state index < -0.39 is 35.7 Å². The molecule has 3 atom stereocenters. The number of carbonyl (C=O) groups excluding carboxylic acids is 3. The molecular weight excluding hydrogens is 708 g/mol. The summed E-state index contributed by atoms with van der Waals surface area (Å²) in [5.41, 5.74) is 1.05. The van der Waals surface area contributed by atoms with Gasteiger partial charge >= 0.3 is 5.97 Å². The number of ether oxygens (including phenoxy) is 5. The summed E-state index contributed by atoms with van der Waals surface area (Å²) in [6, 6.07) is 13.0. The number of amides is 1. The minimum atomic E-state index is -1.08. The number of esters is 1. The van der Waals surface area contributed by atoms with Crippen molar-refractivity contribution < 1.29 is 48.3 Å². The molecule has 4 aromatic rings. The van der Waals surface area contributed by atoms with Crippen molar-refractivity contribution in [2.24, 2.45) is 0 Å². The number of phenols is 2. The van der Waals surface area contributed by atoms with Crippen LogP contribution in [0.2, 0.25) is 0 Å². The fraction of sp³-hybridized carbons (Fsp3) is 0.390. The van der Waals surface area contributed by atoms with Crippen LogP contribution in [0.15, 0.2) is 54.6 Å². The first-order valence-electron chi connectivity index (χ1n) is 18.1. The highest BCUT2D eigenvalue weighted by Gasteiger charge is 2.33. The van der Waals surface area contributed by atoms with E-state index in [4.69, 9.17) is 23.7 Å². The Kier molecular flexibility index (Phi) is 13.9. The Morgan fingerprint density at radius 3 is 2.36 bits per heavy atom. The molecule has 0 radical (unpaired) electrons. The minimum absolute atomic E-state index is 0.0931. The Hall–Kier alpha value is -5.89. The van der Waals surface area contributed by atoms with E-state index in [9.17, 15) is 24.6 Å². The lowest BCUT2D eigenvalue weighted by atomic mass is 9.84. The number of aromatic nitrogens is 3. The number of H-pyrrole nitrogens is 1. The van der Waals surface area contributed by atoms with Gasteiger partial charge in [-0.25, -0.2) is 9.78 Å². The van der Waals surface area contributed by atoms with E-state index in [0.717, 1.165) is 0 Å². The van der Waals surface area contributed by atoms with Gasteiger partial charge in [-0.3, -0.25) is 14.7 Å². The zero-order valence-electron chi connectivity index (χ0n) is 31.7. The van der Waals surface area contributed by atoms with Crippen LogP contribution >= 0.6 is 0 Å². The minimum Gasteiger partial charge on any atom is -0.507 e. The van der Waals surface area contributed by atoms with Gasteiger partial charge in [-0.1, -0.05) is 42.5 Å². The van der Waals surface area contributed by atoms with Crippen molar-refractivity contribution >= 4 is 23.7 Å². The zero-order valence-corrected chi connectivity index (χ0v) is 31.7. The third-order valence-corrected chi connectivity index (χ3v) is 9.41. The molecule has 1 aliphatic rings. The molecule has 55 heavy (non-hydrogen) atoms. The van der Waals surface area contributed by atoms with E-state index in [1.54, 1.807) is 31.2 Å². The van der Waals surface area contributed by atoms with Crippen molar-refractivity contribution in [3.8, 4) is 28.7 Å². The van der Waals surface area contributed by atoms with Gasteiger partial charge in [0.15, 0.2) is 23.1 Å². The van der Waals surface area contributed by atoms with Crippen LogP contribution in [0, 0.1) is 0 Å². The molecule has 14 nitrogen and oxygen atoms in total. The summed E-state index contributed by atoms with van der Waals surface area (Å²) in [5, 5.41) is 34.0. The summed E-state index contributed by atoms with van der Waals surface area (Å²) in [4.78, 5) is 45.0. The van der Waals surface area contributed by atoms with Gasteiger partial charge in [0.2, 0.25) is 11.7 Å². The molecule has 3 aromatic carbocycles. The summed E-state index contributed by atoms with van der Waals surface area (Å²) >= 11 is 0. The number of nitrogens with zero attached hydrogens (tertiary/aromatic N) is 2. The Morgan fingerprint density at radius 2 is 1.69 bits per heavy atom. The summed E-state index contributed by atoms with van der Waals surface area (Å²) < 4.78 is 27.8. The second kappa shape index (κ2) is 18.9. The fourth-order valence-corrected chi connectivity index (χ4v) is 6.70. The summed E-state index contributed by atoms with van der Waals surface area (Å²) in [6.45, 7) is 1.90. The molecule has 1 aromatic heterocycles. The number of allylic oxidation sites excluding steroid dienone is 1. The Balaban J connectivity index is 1.64. The maximum absolute atomic E-state index is 14.3. The topological polar surface area (TPSA) is 191 Å². The van der Waals surface area contributed by atoms with E-state index in [1.807, 2.05) is 30.3 Å². The van der Waals surface area contributed by atoms with Gasteiger partial charge < -0.3 is 39.2 Å². The van der Waals surface area contributed by atoms with Crippen LogP contribution in [0.25, 0.3) is 6.08 Å². The third kappa shape index (κ3) is 9.81. The largest absolute Gasteiger partial charge is 0.507 e. The lowest BCUT2D eigenvalue weighted by molar-refractivity contribution is -0.122. The van der Waals surface area contributed by atoms with Gasteiger partial charge in [0.05, 0.1) is 27.4 Å². The van der Waals surface area contributed by atoms with Crippen molar-refractivity contribution in [2.75, 3.05) is 28.4 Å². The number of carbonyl (C=O) groups is 3. The second-order valence-corrected chi connectivity index (χ2v) is 13.3. The van der Waals surface area contributed by atoms with E-state index in [2.05, 4.69) is 20.5 Å². The second-order valence-electron chi connectivity index (χ2n) is 13.3. The van der Waals surface area contributed by atoms with E-state index in [0.29, 0.717) is 67.1 Å². The van der Waals surface area contributed by atoms with Crippen molar-refractivity contribution in [3.63, 3.8) is 0 Å². The SMILES string of the molecule is COCc1nc(C(NC(=O)CC(c2cc(OC)c(OC)c(OC)c2)c2c(O)cc3c(c2O)C(=O)O[C@@H](C)CCCC(=O)CCCC=C3)c2ccccc2)n[nH]1. The molecule has 0 aliphatic carbocycles. The van der Waals surface area contributed by atoms with Gasteiger partial charge in [-0.05, 0) is 67.5 Å². The quantitative estimate of drug-likeness (QED) is 0.118. The number of cyclic esters (lactones) is 1. The molecule has 2 heterocycles. The number of aromatic hydroxyl groups is 2. The van der Waals surface area contributed by atoms with Gasteiger partial charge in [0, 0.05) is 37.9 Å². The van der Waals surface area contributed by atoms with Gasteiger partial charge in [0.25, 0.3) is 0 Å². The van der Waals surface area contributed by atoms with Crippen LogP contribution in [0.1, 0.15) is 108 Å². The first kappa shape index (κ1) is 40.3. The smallest absolute Gasteiger partial charge is 0.342 e. The summed E-state index contributed by atoms with van der Waals surface area (Å²) in [5.74, 6) is -1.60. The predicted molar refractivity (Wildman–Crippen MR) is 202 cm³/mol. The normalized spacial score (nSPS) is 16.3. The van der Waals surface area contributed by atoms with E-state index in [-0.39, 0.29) is 52.7 Å². The van der Waals surface area contributed by atoms with E-state index in [1.165, 1.54) is 34.5 Å². The average Bonchev–Trinajstić information content (AvgIpc) is 3.63. The first-order chi connectivity index (χ1) is 26.6. The Bertz CT molecular complexity index is 1970. The van der Waals surface area contributed by atoms with Crippen molar-refractivity contribution in [3.05, 3.63) is 94.1 Å². The number of nitrogens with one attached hydrogen (secondary N) is 2. The highest BCUT2D eigenvalue weighted by atomic mass is 16.5. The summed E-state index contributed by atoms with van der Waals surface area (Å²) in [6.07, 6.45) is 5.45. The number of fused-ring (bicyclic) bond motifs is 1. The lowest BCUT2D eigenvalue weighted by Crippen LogP contribution is -2.31. The number of Topliss-reactive ketones (excluding diaryl/α,β-unsaturated/α-hetero) is 1. The highest BCUT2D eigenvalue weighted by molar-refractivity contribution is 5.98. The molecular formula is C41H48N4O10. The number of phenolic OH excluding ortho intramolecular Hbond substituents is 2. The molecule has 0 spiro atoms. The maximum atomic E-state index is 14.3. The molecule has 2 unspecified atom stereocenters. The zero-order chi connectivity index (χ0) is 39.5. The Morgan fingerprint density at radius 1 is 0.982 bits per heavy atom. The molecule has 14 heteroatoms. The number of hydrogen-bond acceptors (Lipinski definition) is 12. The molecule has 0 saturated carbocycles. The molecule has 292 valence electrons. The van der Waals surface area contributed by atoms with Crippen LogP contribution in [0.4, 0.5) is 0 Å². The lowest BCUT2D eigenvalue weighted by Gasteiger charge is -2.25. The number of rotatable bonds is 12. The van der Waals surface area contributed by atoms with Gasteiger partial charge in [-0.2, -0.15) is 5.10 Å². The standard InChI is InChI=1S/C41H48N4O10/c1-24-13-12-18-28(46)17-11-7-10-16-26-19-30(47)36(38(49)35(26)41(50)55-24)29(27-20-31(52-3)39(54-5)32(21-27)53-4)22-34(48)43-37(25-14-8-6-9-15-25)40-42-33(23-51-2)44-45-40/h6,8-10,14-16,19-21,24,29,37,47,49H,7,11-13,17-18,22-23H2,1-5H3,(H,43,48)(H,42,44,45)/t24-,29?,37?/m0/s1. The van der Waals surface area contributed by atoms with Crippen LogP contribution in [0.5, 0.6) is 28.7 Å². The van der Waals surface area contributed by atoms with Crippen molar-refractivity contribution in [1.82, 2.24) is 20.5 Å². The van der Waals surface area contributed by atoms with Gasteiger partial charge in [0.1, 0.15) is 35.5 Å². The van der Waals surface area contributed by atoms with Crippen molar-refractivity contribution in [1.29, 1.82) is 0 Å². The molecule has 0 saturated heterocycles. The van der Waals surface area contributed by atoms with Crippen LogP contribution in [0.3, 0.4) is 0 Å². The molecule has 1 amide bonds.